The van der Waals surface area contributed by atoms with Crippen molar-refractivity contribution in [2.75, 3.05) is 6.61 Å². The first kappa shape index (κ1) is 23.0. The molecule has 2 N–H and O–H groups in total. The van der Waals surface area contributed by atoms with Gasteiger partial charge in [0, 0.05) is 6.07 Å². The van der Waals surface area contributed by atoms with E-state index in [2.05, 4.69) is 16.9 Å². The number of benzene rings is 1. The van der Waals surface area contributed by atoms with Crippen LogP contribution >= 0.6 is 0 Å². The van der Waals surface area contributed by atoms with Crippen LogP contribution in [0.2, 0.25) is 0 Å². The molecular weight excluding hydrogens is 364 g/mol. The van der Waals surface area contributed by atoms with E-state index in [1.165, 1.54) is 70.3 Å². The van der Waals surface area contributed by atoms with E-state index in [0.717, 1.165) is 29.9 Å². The van der Waals surface area contributed by atoms with E-state index in [9.17, 15) is 9.59 Å². The highest BCUT2D eigenvalue weighted by atomic mass is 16.5. The topological polar surface area (TPSA) is 75.0 Å². The predicted molar refractivity (Wildman–Crippen MR) is 120 cm³/mol. The van der Waals surface area contributed by atoms with Crippen molar-refractivity contribution >= 4 is 0 Å². The zero-order chi connectivity index (χ0) is 20.9. The number of hydrogen-bond donors (Lipinski definition) is 2. The monoisotopic (exact) mass is 400 g/mol. The Morgan fingerprint density at radius 2 is 1.41 bits per heavy atom. The number of H-pyrrole nitrogens is 2. The molecule has 0 radical (unpaired) electrons. The number of nitrogens with one attached hydrogen (secondary N) is 2. The van der Waals surface area contributed by atoms with E-state index in [1.807, 2.05) is 25.1 Å². The van der Waals surface area contributed by atoms with Crippen LogP contribution in [0.15, 0.2) is 33.9 Å². The second-order valence-electron chi connectivity index (χ2n) is 7.87. The highest BCUT2D eigenvalue weighted by Gasteiger charge is 2.05. The van der Waals surface area contributed by atoms with Crippen LogP contribution in [-0.2, 0) is 0 Å². The first-order valence-corrected chi connectivity index (χ1v) is 11.2. The summed E-state index contributed by atoms with van der Waals surface area (Å²) in [5, 5.41) is 0. The summed E-state index contributed by atoms with van der Waals surface area (Å²) in [5.74, 6) is 0.855. The SMILES string of the molecule is CCCCCCCCCCCCCOc1ccc(-c2cc(=O)[nH]c(=O)[nH]2)cc1C. The summed E-state index contributed by atoms with van der Waals surface area (Å²) in [7, 11) is 0. The van der Waals surface area contributed by atoms with Crippen molar-refractivity contribution in [3.8, 4) is 17.0 Å². The molecule has 5 nitrogen and oxygen atoms in total. The van der Waals surface area contributed by atoms with Crippen LogP contribution in [0.1, 0.15) is 83.1 Å². The van der Waals surface area contributed by atoms with Gasteiger partial charge in [-0.1, -0.05) is 71.1 Å². The fourth-order valence-corrected chi connectivity index (χ4v) is 3.55. The van der Waals surface area contributed by atoms with Gasteiger partial charge in [0.2, 0.25) is 0 Å². The Morgan fingerprint density at radius 1 is 0.793 bits per heavy atom. The minimum absolute atomic E-state index is 0.404. The van der Waals surface area contributed by atoms with Crippen molar-refractivity contribution < 1.29 is 4.74 Å². The number of aromatic nitrogens is 2. The molecule has 2 aromatic rings. The van der Waals surface area contributed by atoms with Crippen LogP contribution in [0.4, 0.5) is 0 Å². The van der Waals surface area contributed by atoms with E-state index >= 15 is 0 Å². The summed E-state index contributed by atoms with van der Waals surface area (Å²) in [6.07, 6.45) is 14.5. The summed E-state index contributed by atoms with van der Waals surface area (Å²) < 4.78 is 5.92. The minimum atomic E-state index is -0.498. The second-order valence-corrected chi connectivity index (χ2v) is 7.87. The van der Waals surface area contributed by atoms with Crippen molar-refractivity contribution in [1.82, 2.24) is 9.97 Å². The number of aryl methyl sites for hydroxylation is 1. The zero-order valence-corrected chi connectivity index (χ0v) is 18.0. The Bertz CT molecular complexity index is 810. The standard InChI is InChI=1S/C24H36N2O3/c1-3-4-5-6-7-8-9-10-11-12-13-16-29-22-15-14-20(17-19(22)2)21-18-23(27)26-24(28)25-21/h14-15,17-18H,3-13,16H2,1-2H3,(H2,25,26,27,28). The predicted octanol–water partition coefficient (Wildman–Crippen LogP) is 5.73. The highest BCUT2D eigenvalue weighted by Crippen LogP contribution is 2.24. The Balaban J connectivity index is 1.63. The third-order valence-corrected chi connectivity index (χ3v) is 5.25. The Hall–Kier alpha value is -2.30. The molecule has 0 aliphatic heterocycles. The van der Waals surface area contributed by atoms with Gasteiger partial charge in [0.15, 0.2) is 0 Å². The first-order chi connectivity index (χ1) is 14.1. The molecule has 0 spiro atoms. The van der Waals surface area contributed by atoms with Gasteiger partial charge >= 0.3 is 5.69 Å². The van der Waals surface area contributed by atoms with Crippen LogP contribution < -0.4 is 16.0 Å². The summed E-state index contributed by atoms with van der Waals surface area (Å²) in [6, 6.07) is 7.10. The molecule has 0 saturated carbocycles. The molecule has 0 aliphatic carbocycles. The number of unbranched alkanes of at least 4 members (excludes halogenated alkanes) is 10. The smallest absolute Gasteiger partial charge is 0.326 e. The largest absolute Gasteiger partial charge is 0.493 e. The molecule has 0 aliphatic rings. The van der Waals surface area contributed by atoms with Crippen molar-refractivity contribution in [3.05, 3.63) is 50.7 Å². The van der Waals surface area contributed by atoms with Gasteiger partial charge in [-0.25, -0.2) is 4.79 Å². The molecule has 0 atom stereocenters. The van der Waals surface area contributed by atoms with Crippen LogP contribution in [0.25, 0.3) is 11.3 Å². The molecule has 0 unspecified atom stereocenters. The van der Waals surface area contributed by atoms with Gasteiger partial charge in [0.1, 0.15) is 5.75 Å². The third-order valence-electron chi connectivity index (χ3n) is 5.25. The lowest BCUT2D eigenvalue weighted by Gasteiger charge is -2.11. The lowest BCUT2D eigenvalue weighted by molar-refractivity contribution is 0.302. The first-order valence-electron chi connectivity index (χ1n) is 11.2. The normalized spacial score (nSPS) is 11.0. The van der Waals surface area contributed by atoms with Crippen molar-refractivity contribution in [1.29, 1.82) is 0 Å². The summed E-state index contributed by atoms with van der Waals surface area (Å²) in [5.41, 5.74) is 1.40. The summed E-state index contributed by atoms with van der Waals surface area (Å²) >= 11 is 0. The number of rotatable bonds is 14. The third kappa shape index (κ3) is 8.71. The fourth-order valence-electron chi connectivity index (χ4n) is 3.55. The average Bonchev–Trinajstić information content (AvgIpc) is 2.69. The van der Waals surface area contributed by atoms with Gasteiger partial charge in [0.25, 0.3) is 5.56 Å². The van der Waals surface area contributed by atoms with Gasteiger partial charge in [-0.05, 0) is 42.7 Å². The second kappa shape index (κ2) is 13.0. The molecule has 1 aromatic carbocycles. The molecular formula is C24H36N2O3. The quantitative estimate of drug-likeness (QED) is 0.398. The van der Waals surface area contributed by atoms with Crippen molar-refractivity contribution in [2.24, 2.45) is 0 Å². The van der Waals surface area contributed by atoms with Crippen LogP contribution in [-0.4, -0.2) is 16.6 Å². The molecule has 0 bridgehead atoms. The maximum atomic E-state index is 11.5. The van der Waals surface area contributed by atoms with E-state index in [1.54, 1.807) is 0 Å². The van der Waals surface area contributed by atoms with Crippen molar-refractivity contribution in [3.63, 3.8) is 0 Å². The number of hydrogen-bond acceptors (Lipinski definition) is 3. The summed E-state index contributed by atoms with van der Waals surface area (Å²) in [6.45, 7) is 4.96. The molecule has 5 heteroatoms. The fraction of sp³-hybridized carbons (Fsp3) is 0.583. The zero-order valence-electron chi connectivity index (χ0n) is 18.0. The van der Waals surface area contributed by atoms with Gasteiger partial charge in [-0.3, -0.25) is 9.78 Å². The van der Waals surface area contributed by atoms with Crippen molar-refractivity contribution in [2.45, 2.75) is 84.5 Å². The summed E-state index contributed by atoms with van der Waals surface area (Å²) in [4.78, 5) is 27.7. The highest BCUT2D eigenvalue weighted by molar-refractivity contribution is 5.61. The van der Waals surface area contributed by atoms with Crippen LogP contribution in [0.3, 0.4) is 0 Å². The van der Waals surface area contributed by atoms with E-state index < -0.39 is 11.2 Å². The molecule has 29 heavy (non-hydrogen) atoms. The molecule has 1 heterocycles. The average molecular weight is 401 g/mol. The Labute approximate surface area is 173 Å². The van der Waals surface area contributed by atoms with E-state index in [0.29, 0.717) is 5.69 Å². The molecule has 160 valence electrons. The molecule has 0 fully saturated rings. The Kier molecular flexibility index (Phi) is 10.3. The van der Waals surface area contributed by atoms with Gasteiger partial charge < -0.3 is 9.72 Å². The van der Waals surface area contributed by atoms with Crippen LogP contribution in [0.5, 0.6) is 5.75 Å². The van der Waals surface area contributed by atoms with Gasteiger partial charge in [0.05, 0.1) is 12.3 Å². The maximum absolute atomic E-state index is 11.5. The lowest BCUT2D eigenvalue weighted by atomic mass is 10.1. The molecule has 0 amide bonds. The lowest BCUT2D eigenvalue weighted by Crippen LogP contribution is -2.21. The molecule has 1 aromatic heterocycles. The number of ether oxygens (including phenoxy) is 1. The maximum Gasteiger partial charge on any atom is 0.326 e. The number of aromatic amines is 2. The van der Waals surface area contributed by atoms with Gasteiger partial charge in [-0.15, -0.1) is 0 Å². The van der Waals surface area contributed by atoms with E-state index in [-0.39, 0.29) is 0 Å². The molecule has 2 rings (SSSR count). The van der Waals surface area contributed by atoms with E-state index in [4.69, 9.17) is 4.74 Å². The molecule has 0 saturated heterocycles. The van der Waals surface area contributed by atoms with Gasteiger partial charge in [-0.2, -0.15) is 0 Å². The van der Waals surface area contributed by atoms with Crippen LogP contribution in [0, 0.1) is 6.92 Å². The Morgan fingerprint density at radius 3 is 2.00 bits per heavy atom. The minimum Gasteiger partial charge on any atom is -0.493 e.